The average molecular weight is 244 g/mol. The highest BCUT2D eigenvalue weighted by Crippen LogP contribution is 2.45. The number of benzene rings is 1. The van der Waals surface area contributed by atoms with Crippen molar-refractivity contribution in [3.05, 3.63) is 35.4 Å². The second-order valence-electron chi connectivity index (χ2n) is 6.21. The predicted octanol–water partition coefficient (Wildman–Crippen LogP) is 2.56. The van der Waals surface area contributed by atoms with E-state index in [2.05, 4.69) is 29.2 Å². The van der Waals surface area contributed by atoms with Crippen LogP contribution in [-0.2, 0) is 13.0 Å². The highest BCUT2D eigenvalue weighted by molar-refractivity contribution is 5.23. The summed E-state index contributed by atoms with van der Waals surface area (Å²) in [6.07, 6.45) is 6.86. The number of hydrogen-bond acceptors (Lipinski definition) is 2. The Morgan fingerprint density at radius 2 is 1.61 bits per heavy atom. The fourth-order valence-electron chi connectivity index (χ4n) is 3.69. The lowest BCUT2D eigenvalue weighted by Gasteiger charge is -2.48. The van der Waals surface area contributed by atoms with Crippen LogP contribution < -0.4 is 5.73 Å². The first-order valence-corrected chi connectivity index (χ1v) is 7.30. The summed E-state index contributed by atoms with van der Waals surface area (Å²) >= 11 is 0. The molecule has 2 heteroatoms. The Bertz CT molecular complexity index is 382. The highest BCUT2D eigenvalue weighted by Gasteiger charge is 2.44. The van der Waals surface area contributed by atoms with Gasteiger partial charge in [-0.25, -0.2) is 0 Å². The summed E-state index contributed by atoms with van der Waals surface area (Å²) in [6, 6.07) is 9.00. The van der Waals surface area contributed by atoms with E-state index in [9.17, 15) is 0 Å². The Balaban J connectivity index is 1.51. The molecule has 2 nitrogen and oxygen atoms in total. The van der Waals surface area contributed by atoms with E-state index < -0.39 is 0 Å². The summed E-state index contributed by atoms with van der Waals surface area (Å²) in [4.78, 5) is 2.60. The van der Waals surface area contributed by atoms with E-state index >= 15 is 0 Å². The minimum absolute atomic E-state index is 0.722. The molecule has 1 saturated carbocycles. The molecule has 0 aromatic heterocycles. The Morgan fingerprint density at radius 3 is 2.22 bits per heavy atom. The van der Waals surface area contributed by atoms with Gasteiger partial charge in [0.2, 0.25) is 0 Å². The Labute approximate surface area is 110 Å². The number of likely N-dealkylation sites (tertiary alicyclic amines) is 1. The van der Waals surface area contributed by atoms with Crippen molar-refractivity contribution in [3.63, 3.8) is 0 Å². The average Bonchev–Trinajstić information content (AvgIpc) is 2.81. The second-order valence-corrected chi connectivity index (χ2v) is 6.21. The molecule has 1 saturated heterocycles. The molecule has 3 rings (SSSR count). The van der Waals surface area contributed by atoms with Crippen LogP contribution in [0.25, 0.3) is 0 Å². The first-order valence-electron chi connectivity index (χ1n) is 7.30. The third-order valence-electron chi connectivity index (χ3n) is 4.64. The second kappa shape index (κ2) is 5.02. The maximum absolute atomic E-state index is 5.57. The lowest BCUT2D eigenvalue weighted by atomic mass is 9.78. The minimum atomic E-state index is 0.722. The zero-order valence-corrected chi connectivity index (χ0v) is 11.2. The molecule has 1 aromatic carbocycles. The van der Waals surface area contributed by atoms with Crippen molar-refractivity contribution < 1.29 is 0 Å². The third-order valence-corrected chi connectivity index (χ3v) is 4.64. The minimum Gasteiger partial charge on any atom is -0.330 e. The third kappa shape index (κ3) is 2.45. The molecule has 0 bridgehead atoms. The molecule has 0 unspecified atom stereocenters. The molecule has 1 heterocycles. The topological polar surface area (TPSA) is 29.3 Å². The van der Waals surface area contributed by atoms with Gasteiger partial charge in [0, 0.05) is 19.6 Å². The van der Waals surface area contributed by atoms with Crippen molar-refractivity contribution in [1.29, 1.82) is 0 Å². The molecule has 1 spiro atoms. The van der Waals surface area contributed by atoms with Gasteiger partial charge in [-0.3, -0.25) is 4.90 Å². The normalized spacial score (nSPS) is 22.3. The van der Waals surface area contributed by atoms with Crippen molar-refractivity contribution >= 4 is 0 Å². The number of nitrogens with zero attached hydrogens (tertiary/aromatic N) is 1. The standard InChI is InChI=1S/C16H24N2/c17-10-7-14-3-5-15(6-4-14)11-18-12-16(13-18)8-1-2-9-16/h3-6H,1-2,7-13,17H2. The molecular weight excluding hydrogens is 220 g/mol. The fourth-order valence-corrected chi connectivity index (χ4v) is 3.69. The zero-order valence-electron chi connectivity index (χ0n) is 11.2. The molecule has 2 N–H and O–H groups in total. The lowest BCUT2D eigenvalue weighted by molar-refractivity contribution is -0.000250. The fraction of sp³-hybridized carbons (Fsp3) is 0.625. The number of nitrogens with two attached hydrogens (primary N) is 1. The molecule has 0 atom stereocenters. The van der Waals surface area contributed by atoms with Gasteiger partial charge in [0.15, 0.2) is 0 Å². The van der Waals surface area contributed by atoms with E-state index in [0.29, 0.717) is 0 Å². The maximum Gasteiger partial charge on any atom is 0.0234 e. The molecule has 0 amide bonds. The van der Waals surface area contributed by atoms with Gasteiger partial charge in [0.25, 0.3) is 0 Å². The van der Waals surface area contributed by atoms with Crippen LogP contribution in [-0.4, -0.2) is 24.5 Å². The molecule has 1 aromatic rings. The van der Waals surface area contributed by atoms with Crippen molar-refractivity contribution in [2.24, 2.45) is 11.1 Å². The van der Waals surface area contributed by atoms with Crippen molar-refractivity contribution in [1.82, 2.24) is 4.90 Å². The van der Waals surface area contributed by atoms with Crippen LogP contribution in [0.15, 0.2) is 24.3 Å². The molecule has 98 valence electrons. The monoisotopic (exact) mass is 244 g/mol. The van der Waals surface area contributed by atoms with Gasteiger partial charge in [-0.05, 0) is 42.3 Å². The quantitative estimate of drug-likeness (QED) is 0.882. The van der Waals surface area contributed by atoms with Crippen LogP contribution in [0.3, 0.4) is 0 Å². The van der Waals surface area contributed by atoms with Crippen LogP contribution >= 0.6 is 0 Å². The molecule has 0 radical (unpaired) electrons. The van der Waals surface area contributed by atoms with E-state index in [1.165, 1.54) is 49.9 Å². The molecule has 18 heavy (non-hydrogen) atoms. The van der Waals surface area contributed by atoms with Crippen LogP contribution in [0.4, 0.5) is 0 Å². The number of hydrogen-bond donors (Lipinski definition) is 1. The van der Waals surface area contributed by atoms with Gasteiger partial charge >= 0.3 is 0 Å². The van der Waals surface area contributed by atoms with Gasteiger partial charge in [0.05, 0.1) is 0 Å². The Hall–Kier alpha value is -0.860. The van der Waals surface area contributed by atoms with Crippen LogP contribution in [0.1, 0.15) is 36.8 Å². The SMILES string of the molecule is NCCc1ccc(CN2CC3(CCCC3)C2)cc1. The van der Waals surface area contributed by atoms with E-state index in [0.717, 1.165) is 24.9 Å². The highest BCUT2D eigenvalue weighted by atomic mass is 15.2. The summed E-state index contributed by atoms with van der Waals surface area (Å²) < 4.78 is 0. The van der Waals surface area contributed by atoms with E-state index in [1.54, 1.807) is 0 Å². The van der Waals surface area contributed by atoms with E-state index in [4.69, 9.17) is 5.73 Å². The van der Waals surface area contributed by atoms with Gasteiger partial charge in [-0.2, -0.15) is 0 Å². The molecule has 1 aliphatic heterocycles. The van der Waals surface area contributed by atoms with Gasteiger partial charge in [0.1, 0.15) is 0 Å². The van der Waals surface area contributed by atoms with Crippen LogP contribution in [0.2, 0.25) is 0 Å². The van der Waals surface area contributed by atoms with Gasteiger partial charge in [-0.15, -0.1) is 0 Å². The molecule has 2 fully saturated rings. The summed E-state index contributed by atoms with van der Waals surface area (Å²) in [5, 5.41) is 0. The summed E-state index contributed by atoms with van der Waals surface area (Å²) in [5.74, 6) is 0. The smallest absolute Gasteiger partial charge is 0.0234 e. The maximum atomic E-state index is 5.57. The number of rotatable bonds is 4. The Morgan fingerprint density at radius 1 is 1.00 bits per heavy atom. The van der Waals surface area contributed by atoms with Gasteiger partial charge in [-0.1, -0.05) is 37.1 Å². The van der Waals surface area contributed by atoms with Crippen molar-refractivity contribution in [2.45, 2.75) is 38.6 Å². The summed E-state index contributed by atoms with van der Waals surface area (Å²) in [5.41, 5.74) is 9.10. The zero-order chi connectivity index (χ0) is 12.4. The summed E-state index contributed by atoms with van der Waals surface area (Å²) in [6.45, 7) is 4.54. The lowest BCUT2D eigenvalue weighted by Crippen LogP contribution is -2.54. The van der Waals surface area contributed by atoms with Crippen LogP contribution in [0, 0.1) is 5.41 Å². The van der Waals surface area contributed by atoms with E-state index in [1.807, 2.05) is 0 Å². The van der Waals surface area contributed by atoms with Crippen LogP contribution in [0.5, 0.6) is 0 Å². The first kappa shape index (κ1) is 12.2. The van der Waals surface area contributed by atoms with Gasteiger partial charge < -0.3 is 5.73 Å². The van der Waals surface area contributed by atoms with E-state index in [-0.39, 0.29) is 0 Å². The molecule has 2 aliphatic rings. The molecule has 1 aliphatic carbocycles. The largest absolute Gasteiger partial charge is 0.330 e. The first-order chi connectivity index (χ1) is 8.80. The summed E-state index contributed by atoms with van der Waals surface area (Å²) in [7, 11) is 0. The molecular formula is C16H24N2. The van der Waals surface area contributed by atoms with Crippen molar-refractivity contribution in [2.75, 3.05) is 19.6 Å². The van der Waals surface area contributed by atoms with Crippen molar-refractivity contribution in [3.8, 4) is 0 Å². The predicted molar refractivity (Wildman–Crippen MR) is 75.4 cm³/mol. The Kier molecular flexibility index (Phi) is 3.40.